The fraction of sp³-hybridized carbons (Fsp3) is 0.500. The minimum atomic E-state index is -0.769. The van der Waals surface area contributed by atoms with E-state index in [4.69, 9.17) is 5.73 Å². The predicted octanol–water partition coefficient (Wildman–Crippen LogP) is 1.05. The Morgan fingerprint density at radius 2 is 2.23 bits per heavy atom. The average molecular weight is 306 g/mol. The largest absolute Gasteiger partial charge is 0.398 e. The molecule has 5 nitrogen and oxygen atoms in total. The van der Waals surface area contributed by atoms with Gasteiger partial charge in [-0.2, -0.15) is 0 Å². The van der Waals surface area contributed by atoms with Gasteiger partial charge in [-0.05, 0) is 43.4 Å². The first-order valence-corrected chi connectivity index (χ1v) is 7.48. The summed E-state index contributed by atoms with van der Waals surface area (Å²) in [5.74, 6) is -1.76. The molecule has 2 unspecified atom stereocenters. The Kier molecular flexibility index (Phi) is 3.64. The van der Waals surface area contributed by atoms with Gasteiger partial charge < -0.3 is 15.7 Å². The summed E-state index contributed by atoms with van der Waals surface area (Å²) in [4.78, 5) is 26.7. The second-order valence-corrected chi connectivity index (χ2v) is 6.04. The number of nitrogen functional groups attached to an aromatic ring is 1. The lowest BCUT2D eigenvalue weighted by atomic mass is 9.78. The van der Waals surface area contributed by atoms with Crippen LogP contribution in [0.5, 0.6) is 0 Å². The fourth-order valence-electron chi connectivity index (χ4n) is 3.38. The van der Waals surface area contributed by atoms with E-state index in [1.807, 2.05) is 0 Å². The van der Waals surface area contributed by atoms with Crippen molar-refractivity contribution in [2.75, 3.05) is 18.9 Å². The van der Waals surface area contributed by atoms with Crippen molar-refractivity contribution >= 4 is 17.4 Å². The number of halogens is 1. The normalized spacial score (nSPS) is 24.0. The van der Waals surface area contributed by atoms with Crippen molar-refractivity contribution in [3.05, 3.63) is 28.6 Å². The predicted molar refractivity (Wildman–Crippen MR) is 78.9 cm³/mol. The van der Waals surface area contributed by atoms with Crippen molar-refractivity contribution < 1.29 is 19.1 Å². The Labute approximate surface area is 127 Å². The molecule has 0 aromatic heterocycles. The molecule has 1 fully saturated rings. The number of fused-ring (bicyclic) bond motifs is 1. The highest BCUT2D eigenvalue weighted by Gasteiger charge is 2.41. The quantitative estimate of drug-likeness (QED) is 0.632. The summed E-state index contributed by atoms with van der Waals surface area (Å²) < 4.78 is 13.7. The summed E-state index contributed by atoms with van der Waals surface area (Å²) in [5, 5.41) is 9.20. The van der Waals surface area contributed by atoms with Gasteiger partial charge >= 0.3 is 0 Å². The van der Waals surface area contributed by atoms with E-state index in [0.29, 0.717) is 36.1 Å². The number of nitrogens with two attached hydrogens (primary N) is 1. The Balaban J connectivity index is 1.92. The zero-order valence-electron chi connectivity index (χ0n) is 12.4. The van der Waals surface area contributed by atoms with Gasteiger partial charge in [0.2, 0.25) is 5.91 Å². The molecule has 118 valence electrons. The molecule has 0 bridgehead atoms. The van der Waals surface area contributed by atoms with Crippen LogP contribution in [0.25, 0.3) is 0 Å². The number of amides is 1. The van der Waals surface area contributed by atoms with Crippen LogP contribution < -0.4 is 5.73 Å². The highest BCUT2D eigenvalue weighted by molar-refractivity contribution is 6.14. The molecule has 0 spiro atoms. The topological polar surface area (TPSA) is 83.6 Å². The van der Waals surface area contributed by atoms with Crippen molar-refractivity contribution in [1.29, 1.82) is 0 Å². The summed E-state index contributed by atoms with van der Waals surface area (Å²) in [6, 6.07) is 0.966. The minimum absolute atomic E-state index is 0.0876. The first-order valence-electron chi connectivity index (χ1n) is 7.48. The van der Waals surface area contributed by atoms with E-state index in [9.17, 15) is 19.1 Å². The van der Waals surface area contributed by atoms with Gasteiger partial charge in [-0.3, -0.25) is 9.59 Å². The molecule has 1 aliphatic carbocycles. The number of hydrogen-bond acceptors (Lipinski definition) is 4. The molecule has 0 radical (unpaired) electrons. The number of anilines is 1. The summed E-state index contributed by atoms with van der Waals surface area (Å²) in [6.07, 6.45) is 1.58. The van der Waals surface area contributed by atoms with Crippen molar-refractivity contribution in [3.8, 4) is 0 Å². The summed E-state index contributed by atoms with van der Waals surface area (Å²) >= 11 is 0. The van der Waals surface area contributed by atoms with Gasteiger partial charge in [-0.1, -0.05) is 0 Å². The van der Waals surface area contributed by atoms with Crippen LogP contribution in [-0.4, -0.2) is 40.9 Å². The fourth-order valence-corrected chi connectivity index (χ4v) is 3.38. The van der Waals surface area contributed by atoms with Crippen molar-refractivity contribution in [2.24, 2.45) is 5.92 Å². The molecule has 0 saturated carbocycles. The maximum absolute atomic E-state index is 13.7. The number of aliphatic hydroxyl groups is 1. The average Bonchev–Trinajstić information content (AvgIpc) is 2.43. The maximum Gasteiger partial charge on any atom is 0.233 e. The highest BCUT2D eigenvalue weighted by atomic mass is 19.1. The number of carbonyl (C=O) groups excluding carboxylic acids is 2. The summed E-state index contributed by atoms with van der Waals surface area (Å²) in [7, 11) is 0. The number of nitrogens with zero attached hydrogens (tertiary/aromatic N) is 1. The Bertz CT molecular complexity index is 657. The molecular formula is C16H19FN2O3. The number of likely N-dealkylation sites (tertiary alicyclic amines) is 1. The van der Waals surface area contributed by atoms with E-state index in [0.717, 1.165) is 12.5 Å². The standard InChI is InChI=1S/C16H19FN2O3/c1-8-10-2-3-11(16(22)19-5-4-9(19)7-20)15(21)14(10)13(18)6-12(8)17/h6,9,11,20H,2-5,7,18H2,1H3. The molecule has 1 heterocycles. The van der Waals surface area contributed by atoms with E-state index in [-0.39, 0.29) is 30.0 Å². The van der Waals surface area contributed by atoms with E-state index in [1.54, 1.807) is 11.8 Å². The maximum atomic E-state index is 13.7. The smallest absolute Gasteiger partial charge is 0.233 e. The molecule has 6 heteroatoms. The van der Waals surface area contributed by atoms with E-state index in [1.165, 1.54) is 0 Å². The van der Waals surface area contributed by atoms with Crippen LogP contribution >= 0.6 is 0 Å². The monoisotopic (exact) mass is 306 g/mol. The van der Waals surface area contributed by atoms with Crippen LogP contribution in [0, 0.1) is 18.7 Å². The van der Waals surface area contributed by atoms with E-state index < -0.39 is 11.7 Å². The number of Topliss-reactive ketones (excluding diaryl/α,β-unsaturated/α-hetero) is 1. The molecule has 2 atom stereocenters. The van der Waals surface area contributed by atoms with Gasteiger partial charge in [-0.15, -0.1) is 0 Å². The molecule has 1 aromatic carbocycles. The van der Waals surface area contributed by atoms with Gasteiger partial charge in [-0.25, -0.2) is 4.39 Å². The van der Waals surface area contributed by atoms with Gasteiger partial charge in [0, 0.05) is 17.8 Å². The van der Waals surface area contributed by atoms with E-state index in [2.05, 4.69) is 0 Å². The van der Waals surface area contributed by atoms with Crippen LogP contribution in [0.3, 0.4) is 0 Å². The molecule has 2 aliphatic rings. The lowest BCUT2D eigenvalue weighted by molar-refractivity contribution is -0.143. The van der Waals surface area contributed by atoms with Crippen LogP contribution in [0.1, 0.15) is 34.3 Å². The summed E-state index contributed by atoms with van der Waals surface area (Å²) in [5.41, 5.74) is 7.26. The number of benzene rings is 1. The van der Waals surface area contributed by atoms with Crippen molar-refractivity contribution in [3.63, 3.8) is 0 Å². The Morgan fingerprint density at radius 3 is 2.82 bits per heavy atom. The first kappa shape index (κ1) is 15.0. The zero-order valence-corrected chi connectivity index (χ0v) is 12.4. The van der Waals surface area contributed by atoms with Crippen molar-refractivity contribution in [1.82, 2.24) is 4.90 Å². The van der Waals surface area contributed by atoms with E-state index >= 15 is 0 Å². The van der Waals surface area contributed by atoms with Crippen LogP contribution in [-0.2, 0) is 11.2 Å². The van der Waals surface area contributed by atoms with Gasteiger partial charge in [0.05, 0.1) is 12.6 Å². The summed E-state index contributed by atoms with van der Waals surface area (Å²) in [6.45, 7) is 2.11. The second kappa shape index (κ2) is 5.35. The van der Waals surface area contributed by atoms with Crippen LogP contribution in [0.4, 0.5) is 10.1 Å². The number of ketones is 1. The van der Waals surface area contributed by atoms with Crippen LogP contribution in [0.15, 0.2) is 6.07 Å². The van der Waals surface area contributed by atoms with Gasteiger partial charge in [0.1, 0.15) is 11.7 Å². The first-order chi connectivity index (χ1) is 10.5. The Morgan fingerprint density at radius 1 is 1.50 bits per heavy atom. The molecule has 1 saturated heterocycles. The zero-order chi connectivity index (χ0) is 16.0. The molecule has 1 aliphatic heterocycles. The number of rotatable bonds is 2. The van der Waals surface area contributed by atoms with Crippen LogP contribution in [0.2, 0.25) is 0 Å². The third-order valence-electron chi connectivity index (χ3n) is 4.87. The molecule has 1 amide bonds. The lowest BCUT2D eigenvalue weighted by Crippen LogP contribution is -2.56. The minimum Gasteiger partial charge on any atom is -0.398 e. The second-order valence-electron chi connectivity index (χ2n) is 6.04. The van der Waals surface area contributed by atoms with Gasteiger partial charge in [0.15, 0.2) is 5.78 Å². The number of hydrogen-bond donors (Lipinski definition) is 2. The number of carbonyl (C=O) groups is 2. The van der Waals surface area contributed by atoms with Gasteiger partial charge in [0.25, 0.3) is 0 Å². The third-order valence-corrected chi connectivity index (χ3v) is 4.87. The third kappa shape index (κ3) is 2.09. The molecule has 1 aromatic rings. The molecular weight excluding hydrogens is 287 g/mol. The Hall–Kier alpha value is -1.95. The lowest BCUT2D eigenvalue weighted by Gasteiger charge is -2.42. The molecule has 3 rings (SSSR count). The molecule has 3 N–H and O–H groups in total. The van der Waals surface area contributed by atoms with Crippen molar-refractivity contribution in [2.45, 2.75) is 32.2 Å². The highest BCUT2D eigenvalue weighted by Crippen LogP contribution is 2.35. The number of aliphatic hydroxyl groups excluding tert-OH is 1. The SMILES string of the molecule is Cc1c(F)cc(N)c2c1CCC(C(=O)N1CCC1CO)C2=O. The molecule has 22 heavy (non-hydrogen) atoms.